The molecule has 0 fully saturated rings. The Morgan fingerprint density at radius 2 is 1.83 bits per heavy atom. The molecule has 0 saturated heterocycles. The molecule has 102 valence electrons. The number of hydrazine groups is 1. The number of hydrogen-bond acceptors (Lipinski definition) is 9. The van der Waals surface area contributed by atoms with Crippen LogP contribution < -0.4 is 21.3 Å². The SMILES string of the molecule is CCOc1nc(NN)nc(NC(C)(CO)CO)n1. The van der Waals surface area contributed by atoms with Gasteiger partial charge in [-0.2, -0.15) is 15.0 Å². The standard InChI is InChI=1S/C9H18N6O3/c1-3-18-8-12-6(11-7(13-8)15-10)14-9(2,4-16)5-17/h16-17H,3-5,10H2,1-2H3,(H2,11,12,13,14,15). The molecule has 6 N–H and O–H groups in total. The molecule has 0 saturated carbocycles. The summed E-state index contributed by atoms with van der Waals surface area (Å²) in [5, 5.41) is 21.2. The smallest absolute Gasteiger partial charge is 0.323 e. The molecular weight excluding hydrogens is 240 g/mol. The van der Waals surface area contributed by atoms with Crippen LogP contribution in [0.15, 0.2) is 0 Å². The van der Waals surface area contributed by atoms with Crippen molar-refractivity contribution in [2.45, 2.75) is 19.4 Å². The van der Waals surface area contributed by atoms with Gasteiger partial charge in [0.15, 0.2) is 0 Å². The monoisotopic (exact) mass is 258 g/mol. The number of aliphatic hydroxyl groups is 2. The zero-order valence-electron chi connectivity index (χ0n) is 10.3. The van der Waals surface area contributed by atoms with Crippen LogP contribution in [0.25, 0.3) is 0 Å². The Labute approximate surface area is 104 Å². The van der Waals surface area contributed by atoms with Crippen molar-refractivity contribution in [2.75, 3.05) is 30.6 Å². The molecular formula is C9H18N6O3. The Balaban J connectivity index is 2.96. The highest BCUT2D eigenvalue weighted by molar-refractivity contribution is 5.37. The molecule has 0 aliphatic carbocycles. The van der Waals surface area contributed by atoms with Crippen molar-refractivity contribution >= 4 is 11.9 Å². The maximum atomic E-state index is 9.18. The summed E-state index contributed by atoms with van der Waals surface area (Å²) in [6, 6.07) is 0.0983. The summed E-state index contributed by atoms with van der Waals surface area (Å²) in [4.78, 5) is 11.8. The van der Waals surface area contributed by atoms with E-state index in [4.69, 9.17) is 10.6 Å². The van der Waals surface area contributed by atoms with E-state index in [0.717, 1.165) is 0 Å². The summed E-state index contributed by atoms with van der Waals surface area (Å²) in [6.07, 6.45) is 0. The van der Waals surface area contributed by atoms with Crippen molar-refractivity contribution in [3.8, 4) is 6.01 Å². The van der Waals surface area contributed by atoms with E-state index in [2.05, 4.69) is 25.7 Å². The normalized spacial score (nSPS) is 11.2. The molecule has 0 amide bonds. The van der Waals surface area contributed by atoms with Gasteiger partial charge in [0.25, 0.3) is 0 Å². The second-order valence-electron chi connectivity index (χ2n) is 3.84. The van der Waals surface area contributed by atoms with E-state index >= 15 is 0 Å². The minimum Gasteiger partial charge on any atom is -0.464 e. The number of ether oxygens (including phenoxy) is 1. The molecule has 0 radical (unpaired) electrons. The van der Waals surface area contributed by atoms with Crippen LogP contribution in [0.3, 0.4) is 0 Å². The van der Waals surface area contributed by atoms with Crippen LogP contribution >= 0.6 is 0 Å². The Bertz CT molecular complexity index is 385. The van der Waals surface area contributed by atoms with Gasteiger partial charge in [-0.05, 0) is 13.8 Å². The average molecular weight is 258 g/mol. The Morgan fingerprint density at radius 1 is 1.22 bits per heavy atom. The number of nitrogens with one attached hydrogen (secondary N) is 2. The quantitative estimate of drug-likeness (QED) is 0.298. The summed E-state index contributed by atoms with van der Waals surface area (Å²) in [5.74, 6) is 5.49. The molecule has 0 atom stereocenters. The number of nitrogens with zero attached hydrogens (tertiary/aromatic N) is 3. The van der Waals surface area contributed by atoms with E-state index < -0.39 is 5.54 Å². The van der Waals surface area contributed by atoms with Crippen molar-refractivity contribution in [3.05, 3.63) is 0 Å². The average Bonchev–Trinajstić information content (AvgIpc) is 2.38. The second kappa shape index (κ2) is 6.28. The van der Waals surface area contributed by atoms with Gasteiger partial charge in [-0.25, -0.2) is 5.84 Å². The summed E-state index contributed by atoms with van der Waals surface area (Å²) < 4.78 is 5.15. The van der Waals surface area contributed by atoms with Gasteiger partial charge in [-0.15, -0.1) is 0 Å². The fraction of sp³-hybridized carbons (Fsp3) is 0.667. The summed E-state index contributed by atoms with van der Waals surface area (Å²) in [5.41, 5.74) is 1.33. The fourth-order valence-corrected chi connectivity index (χ4v) is 1.07. The minimum atomic E-state index is -0.948. The highest BCUT2D eigenvalue weighted by Crippen LogP contribution is 2.15. The van der Waals surface area contributed by atoms with Gasteiger partial charge >= 0.3 is 6.01 Å². The van der Waals surface area contributed by atoms with Crippen molar-refractivity contribution in [1.82, 2.24) is 15.0 Å². The lowest BCUT2D eigenvalue weighted by molar-refractivity contribution is 0.147. The lowest BCUT2D eigenvalue weighted by Gasteiger charge is -2.26. The molecule has 0 aliphatic rings. The molecule has 0 spiro atoms. The predicted molar refractivity (Wildman–Crippen MR) is 65.0 cm³/mol. The lowest BCUT2D eigenvalue weighted by atomic mass is 10.1. The highest BCUT2D eigenvalue weighted by Gasteiger charge is 2.23. The molecule has 1 aromatic rings. The Hall–Kier alpha value is -1.71. The van der Waals surface area contributed by atoms with Crippen LogP contribution in [0.2, 0.25) is 0 Å². The number of anilines is 2. The predicted octanol–water partition coefficient (Wildman–Crippen LogP) is -1.29. The Morgan fingerprint density at radius 3 is 2.33 bits per heavy atom. The third-order valence-electron chi connectivity index (χ3n) is 2.13. The largest absolute Gasteiger partial charge is 0.464 e. The molecule has 1 rings (SSSR count). The van der Waals surface area contributed by atoms with E-state index in [1.807, 2.05) is 0 Å². The van der Waals surface area contributed by atoms with Gasteiger partial charge in [-0.1, -0.05) is 0 Å². The van der Waals surface area contributed by atoms with Crippen LogP contribution in [0.4, 0.5) is 11.9 Å². The van der Waals surface area contributed by atoms with Gasteiger partial charge in [-0.3, -0.25) is 5.43 Å². The third-order valence-corrected chi connectivity index (χ3v) is 2.13. The zero-order chi connectivity index (χ0) is 13.6. The number of rotatable bonds is 7. The fourth-order valence-electron chi connectivity index (χ4n) is 1.07. The summed E-state index contributed by atoms with van der Waals surface area (Å²) in [6.45, 7) is 3.23. The first-order valence-electron chi connectivity index (χ1n) is 5.42. The Kier molecular flexibility index (Phi) is 5.01. The number of aromatic nitrogens is 3. The molecule has 9 heteroatoms. The van der Waals surface area contributed by atoms with Gasteiger partial charge in [0.1, 0.15) is 0 Å². The third kappa shape index (κ3) is 3.65. The van der Waals surface area contributed by atoms with Gasteiger partial charge in [0.05, 0.1) is 25.4 Å². The molecule has 0 aliphatic heterocycles. The maximum Gasteiger partial charge on any atom is 0.323 e. The van der Waals surface area contributed by atoms with Crippen LogP contribution in [0.5, 0.6) is 6.01 Å². The second-order valence-corrected chi connectivity index (χ2v) is 3.84. The number of nitrogens with two attached hydrogens (primary N) is 1. The topological polar surface area (TPSA) is 138 Å². The first kappa shape index (κ1) is 14.4. The van der Waals surface area contributed by atoms with Crippen LogP contribution in [0.1, 0.15) is 13.8 Å². The van der Waals surface area contributed by atoms with Crippen molar-refractivity contribution in [2.24, 2.45) is 5.84 Å². The van der Waals surface area contributed by atoms with E-state index in [-0.39, 0.29) is 31.1 Å². The van der Waals surface area contributed by atoms with Gasteiger partial charge in [0.2, 0.25) is 11.9 Å². The van der Waals surface area contributed by atoms with Crippen LogP contribution in [-0.2, 0) is 0 Å². The van der Waals surface area contributed by atoms with E-state index in [1.54, 1.807) is 13.8 Å². The molecule has 1 heterocycles. The van der Waals surface area contributed by atoms with Crippen molar-refractivity contribution in [1.29, 1.82) is 0 Å². The zero-order valence-corrected chi connectivity index (χ0v) is 10.3. The highest BCUT2D eigenvalue weighted by atomic mass is 16.5. The van der Waals surface area contributed by atoms with E-state index in [9.17, 15) is 10.2 Å². The molecule has 1 aromatic heterocycles. The summed E-state index contributed by atoms with van der Waals surface area (Å²) >= 11 is 0. The number of hydrogen-bond donors (Lipinski definition) is 5. The van der Waals surface area contributed by atoms with Crippen LogP contribution in [-0.4, -0.2) is 50.5 Å². The van der Waals surface area contributed by atoms with Crippen LogP contribution in [0, 0.1) is 0 Å². The molecule has 0 aromatic carbocycles. The molecule has 0 unspecified atom stereocenters. The maximum absolute atomic E-state index is 9.18. The van der Waals surface area contributed by atoms with Crippen molar-refractivity contribution < 1.29 is 14.9 Å². The first-order chi connectivity index (χ1) is 8.56. The molecule has 9 nitrogen and oxygen atoms in total. The molecule has 18 heavy (non-hydrogen) atoms. The minimum absolute atomic E-state index is 0.0983. The molecule has 0 bridgehead atoms. The van der Waals surface area contributed by atoms with E-state index in [1.165, 1.54) is 0 Å². The summed E-state index contributed by atoms with van der Waals surface area (Å²) in [7, 11) is 0. The number of aliphatic hydroxyl groups excluding tert-OH is 2. The first-order valence-corrected chi connectivity index (χ1v) is 5.42. The lowest BCUT2D eigenvalue weighted by Crippen LogP contribution is -2.43. The van der Waals surface area contributed by atoms with Gasteiger partial charge in [0, 0.05) is 0 Å². The van der Waals surface area contributed by atoms with Crippen molar-refractivity contribution in [3.63, 3.8) is 0 Å². The van der Waals surface area contributed by atoms with E-state index in [0.29, 0.717) is 6.61 Å². The number of nitrogen functional groups attached to an aromatic ring is 1. The van der Waals surface area contributed by atoms with Gasteiger partial charge < -0.3 is 20.3 Å².